The van der Waals surface area contributed by atoms with Gasteiger partial charge in [-0.2, -0.15) is 5.21 Å². The summed E-state index contributed by atoms with van der Waals surface area (Å²) in [6.07, 6.45) is 4.78. The fourth-order valence-corrected chi connectivity index (χ4v) is 2.82. The number of halogens is 1. The molecule has 1 saturated carbocycles. The van der Waals surface area contributed by atoms with E-state index < -0.39 is 5.54 Å². The van der Waals surface area contributed by atoms with Gasteiger partial charge in [-0.25, -0.2) is 0 Å². The summed E-state index contributed by atoms with van der Waals surface area (Å²) in [5.41, 5.74) is 7.42. The summed E-state index contributed by atoms with van der Waals surface area (Å²) in [4.78, 5) is 12.3. The Morgan fingerprint density at radius 3 is 2.52 bits per heavy atom. The Bertz CT molecular complexity index is 622. The number of hydrogen-bond acceptors (Lipinski definition) is 5. The zero-order chi connectivity index (χ0) is 15.4. The molecule has 0 unspecified atom stereocenters. The highest BCUT2D eigenvalue weighted by Crippen LogP contribution is 2.26. The van der Waals surface area contributed by atoms with Gasteiger partial charge in [0.05, 0.1) is 5.54 Å². The van der Waals surface area contributed by atoms with Crippen molar-refractivity contribution in [1.29, 1.82) is 0 Å². The Morgan fingerprint density at radius 1 is 1.22 bits per heavy atom. The van der Waals surface area contributed by atoms with E-state index in [1.165, 1.54) is 6.42 Å². The van der Waals surface area contributed by atoms with Crippen molar-refractivity contribution >= 4 is 18.3 Å². The second kappa shape index (κ2) is 7.52. The summed E-state index contributed by atoms with van der Waals surface area (Å²) in [6.45, 7) is 0.476. The number of rotatable bonds is 4. The van der Waals surface area contributed by atoms with Gasteiger partial charge in [0.1, 0.15) is 0 Å². The molecular weight excluding hydrogens is 316 g/mol. The van der Waals surface area contributed by atoms with Crippen molar-refractivity contribution < 1.29 is 4.79 Å². The monoisotopic (exact) mass is 336 g/mol. The van der Waals surface area contributed by atoms with Crippen molar-refractivity contribution in [2.45, 2.75) is 44.2 Å². The number of benzene rings is 1. The van der Waals surface area contributed by atoms with Gasteiger partial charge in [0.25, 0.3) is 0 Å². The van der Waals surface area contributed by atoms with Crippen LogP contribution in [0.5, 0.6) is 0 Å². The summed E-state index contributed by atoms with van der Waals surface area (Å²) in [7, 11) is 0. The summed E-state index contributed by atoms with van der Waals surface area (Å²) >= 11 is 0. The second-order valence-corrected chi connectivity index (χ2v) is 5.83. The molecule has 124 valence electrons. The molecule has 0 atom stereocenters. The standard InChI is InChI=1S/C15H20N6O.ClH/c16-15(8-2-1-3-9-15)14(22)17-10-11-4-6-12(7-5-11)13-18-20-21-19-13;/h4-7H,1-3,8-10,16H2,(H,17,22)(H,18,19,20,21);1H. The molecule has 1 heterocycles. The van der Waals surface area contributed by atoms with Crippen LogP contribution in [0.4, 0.5) is 0 Å². The molecule has 0 spiro atoms. The van der Waals surface area contributed by atoms with E-state index in [0.29, 0.717) is 12.4 Å². The van der Waals surface area contributed by atoms with Crippen LogP contribution in [0, 0.1) is 0 Å². The van der Waals surface area contributed by atoms with Gasteiger partial charge in [-0.3, -0.25) is 4.79 Å². The Kier molecular flexibility index (Phi) is 5.68. The third-order valence-corrected chi connectivity index (χ3v) is 4.21. The van der Waals surface area contributed by atoms with E-state index in [1.807, 2.05) is 24.3 Å². The van der Waals surface area contributed by atoms with Crippen LogP contribution in [-0.4, -0.2) is 32.1 Å². The van der Waals surface area contributed by atoms with Crippen LogP contribution in [0.25, 0.3) is 11.4 Å². The molecule has 7 nitrogen and oxygen atoms in total. The minimum absolute atomic E-state index is 0. The van der Waals surface area contributed by atoms with Crippen LogP contribution in [0.2, 0.25) is 0 Å². The zero-order valence-corrected chi connectivity index (χ0v) is 13.6. The number of H-pyrrole nitrogens is 1. The van der Waals surface area contributed by atoms with Crippen LogP contribution in [0.3, 0.4) is 0 Å². The molecule has 0 bridgehead atoms. The number of nitrogens with one attached hydrogen (secondary N) is 2. The fraction of sp³-hybridized carbons (Fsp3) is 0.467. The minimum atomic E-state index is -0.692. The van der Waals surface area contributed by atoms with Crippen molar-refractivity contribution in [2.75, 3.05) is 0 Å². The normalized spacial score (nSPS) is 16.4. The highest BCUT2D eigenvalue weighted by Gasteiger charge is 2.34. The third-order valence-electron chi connectivity index (χ3n) is 4.21. The van der Waals surface area contributed by atoms with Gasteiger partial charge < -0.3 is 11.1 Å². The van der Waals surface area contributed by atoms with E-state index in [0.717, 1.165) is 36.8 Å². The molecule has 2 aromatic rings. The zero-order valence-electron chi connectivity index (χ0n) is 12.8. The van der Waals surface area contributed by atoms with Gasteiger partial charge in [-0.05, 0) is 23.6 Å². The van der Waals surface area contributed by atoms with E-state index in [2.05, 4.69) is 25.9 Å². The number of aromatic nitrogens is 4. The molecule has 0 saturated heterocycles. The summed E-state index contributed by atoms with van der Waals surface area (Å²) in [5.74, 6) is 0.508. The molecule has 3 rings (SSSR count). The number of nitrogens with two attached hydrogens (primary N) is 1. The van der Waals surface area contributed by atoms with Crippen LogP contribution >= 0.6 is 12.4 Å². The van der Waals surface area contributed by atoms with Gasteiger partial charge in [-0.1, -0.05) is 43.5 Å². The van der Waals surface area contributed by atoms with Gasteiger partial charge in [0.15, 0.2) is 0 Å². The van der Waals surface area contributed by atoms with Crippen molar-refractivity contribution in [3.8, 4) is 11.4 Å². The van der Waals surface area contributed by atoms with E-state index in [4.69, 9.17) is 5.73 Å². The molecule has 8 heteroatoms. The average molecular weight is 337 g/mol. The largest absolute Gasteiger partial charge is 0.350 e. The van der Waals surface area contributed by atoms with Crippen molar-refractivity contribution in [1.82, 2.24) is 25.9 Å². The quantitative estimate of drug-likeness (QED) is 0.785. The lowest BCUT2D eigenvalue weighted by Gasteiger charge is -2.31. The molecule has 1 aliphatic carbocycles. The minimum Gasteiger partial charge on any atom is -0.350 e. The number of amides is 1. The number of carbonyl (C=O) groups excluding carboxylic acids is 1. The highest BCUT2D eigenvalue weighted by atomic mass is 35.5. The Balaban J connectivity index is 0.00000192. The smallest absolute Gasteiger partial charge is 0.240 e. The lowest BCUT2D eigenvalue weighted by molar-refractivity contribution is -0.127. The van der Waals surface area contributed by atoms with Crippen LogP contribution in [0.15, 0.2) is 24.3 Å². The van der Waals surface area contributed by atoms with Gasteiger partial charge in [-0.15, -0.1) is 22.6 Å². The first kappa shape index (κ1) is 17.4. The fourth-order valence-electron chi connectivity index (χ4n) is 2.82. The predicted octanol–water partition coefficient (Wildman–Crippen LogP) is 1.57. The molecule has 1 amide bonds. The molecule has 1 aromatic carbocycles. The lowest BCUT2D eigenvalue weighted by Crippen LogP contribution is -2.54. The molecule has 1 aromatic heterocycles. The highest BCUT2D eigenvalue weighted by molar-refractivity contribution is 5.86. The Morgan fingerprint density at radius 2 is 1.91 bits per heavy atom. The van der Waals surface area contributed by atoms with E-state index >= 15 is 0 Å². The molecule has 23 heavy (non-hydrogen) atoms. The number of aromatic amines is 1. The van der Waals surface area contributed by atoms with Crippen molar-refractivity contribution in [3.05, 3.63) is 29.8 Å². The second-order valence-electron chi connectivity index (χ2n) is 5.83. The first-order valence-corrected chi connectivity index (χ1v) is 7.57. The van der Waals surface area contributed by atoms with E-state index in [1.54, 1.807) is 0 Å². The van der Waals surface area contributed by atoms with Crippen LogP contribution in [-0.2, 0) is 11.3 Å². The molecule has 0 radical (unpaired) electrons. The number of hydrogen-bond donors (Lipinski definition) is 3. The van der Waals surface area contributed by atoms with Crippen molar-refractivity contribution in [2.24, 2.45) is 5.73 Å². The maximum absolute atomic E-state index is 12.3. The molecule has 1 aliphatic rings. The first-order chi connectivity index (χ1) is 10.7. The van der Waals surface area contributed by atoms with E-state index in [-0.39, 0.29) is 18.3 Å². The molecule has 0 aliphatic heterocycles. The average Bonchev–Trinajstić information content (AvgIpc) is 3.08. The topological polar surface area (TPSA) is 110 Å². The summed E-state index contributed by atoms with van der Waals surface area (Å²) in [6, 6.07) is 7.70. The summed E-state index contributed by atoms with van der Waals surface area (Å²) < 4.78 is 0. The van der Waals surface area contributed by atoms with Crippen molar-refractivity contribution in [3.63, 3.8) is 0 Å². The van der Waals surface area contributed by atoms with Gasteiger partial charge in [0.2, 0.25) is 11.7 Å². The van der Waals surface area contributed by atoms with Gasteiger partial charge in [0, 0.05) is 12.1 Å². The number of nitrogens with zero attached hydrogens (tertiary/aromatic N) is 3. The Hall–Kier alpha value is -1.99. The maximum atomic E-state index is 12.3. The summed E-state index contributed by atoms with van der Waals surface area (Å²) in [5, 5.41) is 16.8. The predicted molar refractivity (Wildman–Crippen MR) is 88.7 cm³/mol. The SMILES string of the molecule is Cl.NC1(C(=O)NCc2ccc(-c3nn[nH]n3)cc2)CCCCC1. The number of tetrazole rings is 1. The first-order valence-electron chi connectivity index (χ1n) is 7.57. The maximum Gasteiger partial charge on any atom is 0.240 e. The van der Waals surface area contributed by atoms with Gasteiger partial charge >= 0.3 is 0 Å². The molecule has 4 N–H and O–H groups in total. The van der Waals surface area contributed by atoms with E-state index in [9.17, 15) is 4.79 Å². The third kappa shape index (κ3) is 4.05. The lowest BCUT2D eigenvalue weighted by atomic mass is 9.82. The molecular formula is C15H21ClN6O. The van der Waals surface area contributed by atoms with Crippen LogP contribution < -0.4 is 11.1 Å². The molecule has 1 fully saturated rings. The van der Waals surface area contributed by atoms with Crippen LogP contribution in [0.1, 0.15) is 37.7 Å². The number of carbonyl (C=O) groups is 1. The Labute approximate surface area is 140 Å².